The average Bonchev–Trinajstić information content (AvgIpc) is 2.59. The smallest absolute Gasteiger partial charge is 0.278 e. The molecule has 126 valence electrons. The fourth-order valence-corrected chi connectivity index (χ4v) is 2.98. The summed E-state index contributed by atoms with van der Waals surface area (Å²) in [6, 6.07) is 7.52. The molecule has 2 rings (SSSR count). The molecule has 2 amide bonds. The van der Waals surface area contributed by atoms with Crippen molar-refractivity contribution in [2.45, 2.75) is 32.4 Å². The van der Waals surface area contributed by atoms with Crippen molar-refractivity contribution in [3.63, 3.8) is 0 Å². The Morgan fingerprint density at radius 2 is 1.91 bits per heavy atom. The Morgan fingerprint density at radius 1 is 1.30 bits per heavy atom. The number of quaternary nitrogens is 1. The van der Waals surface area contributed by atoms with Gasteiger partial charge in [0.05, 0.1) is 20.2 Å². The number of ether oxygens (including phenoxy) is 1. The van der Waals surface area contributed by atoms with E-state index in [4.69, 9.17) is 10.5 Å². The quantitative estimate of drug-likeness (QED) is 0.659. The fourth-order valence-electron chi connectivity index (χ4n) is 2.98. The Balaban J connectivity index is 1.79. The largest absolute Gasteiger partial charge is 0.497 e. The summed E-state index contributed by atoms with van der Waals surface area (Å²) in [5.74, 6) is 0.581. The van der Waals surface area contributed by atoms with Gasteiger partial charge in [-0.25, -0.2) is 0 Å². The van der Waals surface area contributed by atoms with E-state index in [1.807, 2.05) is 31.2 Å². The highest BCUT2D eigenvalue weighted by Crippen LogP contribution is 2.11. The summed E-state index contributed by atoms with van der Waals surface area (Å²) in [7, 11) is 1.63. The number of hydrogen-bond donors (Lipinski definition) is 3. The van der Waals surface area contributed by atoms with Crippen molar-refractivity contribution in [2.24, 2.45) is 11.7 Å². The molecular weight excluding hydrogens is 294 g/mol. The van der Waals surface area contributed by atoms with E-state index in [0.29, 0.717) is 6.54 Å². The van der Waals surface area contributed by atoms with Gasteiger partial charge < -0.3 is 20.7 Å². The van der Waals surface area contributed by atoms with Crippen molar-refractivity contribution < 1.29 is 19.2 Å². The SMILES string of the molecule is COc1ccc(CNC(=O)[C@@H](C)[NH+]2CCC(C(N)=O)CC2)cc1. The van der Waals surface area contributed by atoms with E-state index in [1.54, 1.807) is 7.11 Å². The summed E-state index contributed by atoms with van der Waals surface area (Å²) in [5.41, 5.74) is 6.38. The van der Waals surface area contributed by atoms with Gasteiger partial charge in [-0.15, -0.1) is 0 Å². The zero-order valence-electron chi connectivity index (χ0n) is 13.8. The van der Waals surface area contributed by atoms with Gasteiger partial charge >= 0.3 is 0 Å². The number of benzene rings is 1. The second-order valence-corrected chi connectivity index (χ2v) is 6.12. The molecular formula is C17H26N3O3+. The van der Waals surface area contributed by atoms with Gasteiger partial charge in [0.15, 0.2) is 6.04 Å². The summed E-state index contributed by atoms with van der Waals surface area (Å²) >= 11 is 0. The third kappa shape index (κ3) is 4.69. The highest BCUT2D eigenvalue weighted by Gasteiger charge is 2.31. The minimum absolute atomic E-state index is 0.0340. The maximum absolute atomic E-state index is 12.3. The lowest BCUT2D eigenvalue weighted by Gasteiger charge is -2.31. The predicted octanol–water partition coefficient (Wildman–Crippen LogP) is -0.520. The van der Waals surface area contributed by atoms with Gasteiger partial charge in [0.2, 0.25) is 5.91 Å². The first-order valence-corrected chi connectivity index (χ1v) is 8.05. The van der Waals surface area contributed by atoms with E-state index in [0.717, 1.165) is 37.2 Å². The van der Waals surface area contributed by atoms with Crippen LogP contribution in [0.2, 0.25) is 0 Å². The van der Waals surface area contributed by atoms with Gasteiger partial charge in [-0.1, -0.05) is 12.1 Å². The van der Waals surface area contributed by atoms with E-state index < -0.39 is 0 Å². The molecule has 1 atom stereocenters. The van der Waals surface area contributed by atoms with Crippen molar-refractivity contribution in [1.82, 2.24) is 5.32 Å². The molecule has 0 bridgehead atoms. The summed E-state index contributed by atoms with van der Waals surface area (Å²) in [6.45, 7) is 4.06. The normalized spacial score (nSPS) is 22.2. The number of hydrogen-bond acceptors (Lipinski definition) is 3. The zero-order chi connectivity index (χ0) is 16.8. The molecule has 1 saturated heterocycles. The second-order valence-electron chi connectivity index (χ2n) is 6.12. The molecule has 0 spiro atoms. The molecule has 1 heterocycles. The minimum Gasteiger partial charge on any atom is -0.497 e. The number of piperidine rings is 1. The van der Waals surface area contributed by atoms with E-state index in [1.165, 1.54) is 4.90 Å². The first-order chi connectivity index (χ1) is 11.0. The molecule has 1 fully saturated rings. The van der Waals surface area contributed by atoms with Crippen LogP contribution in [0.25, 0.3) is 0 Å². The van der Waals surface area contributed by atoms with Gasteiger partial charge in [-0.2, -0.15) is 0 Å². The van der Waals surface area contributed by atoms with Crippen LogP contribution < -0.4 is 20.7 Å². The summed E-state index contributed by atoms with van der Waals surface area (Å²) in [5, 5.41) is 2.98. The number of amides is 2. The van der Waals surface area contributed by atoms with E-state index in [9.17, 15) is 9.59 Å². The third-order valence-electron chi connectivity index (χ3n) is 4.66. The Kier molecular flexibility index (Phi) is 5.98. The average molecular weight is 320 g/mol. The number of rotatable bonds is 6. The maximum Gasteiger partial charge on any atom is 0.278 e. The number of primary amides is 1. The number of carbonyl (C=O) groups excluding carboxylic acids is 2. The molecule has 1 aliphatic heterocycles. The van der Waals surface area contributed by atoms with Crippen molar-refractivity contribution in [1.29, 1.82) is 0 Å². The first-order valence-electron chi connectivity index (χ1n) is 8.05. The molecule has 6 heteroatoms. The maximum atomic E-state index is 12.3. The number of carbonyl (C=O) groups is 2. The minimum atomic E-state index is -0.222. The summed E-state index contributed by atoms with van der Waals surface area (Å²) in [6.07, 6.45) is 1.53. The van der Waals surface area contributed by atoms with Crippen LogP contribution in [0.15, 0.2) is 24.3 Å². The van der Waals surface area contributed by atoms with Crippen molar-refractivity contribution in [2.75, 3.05) is 20.2 Å². The van der Waals surface area contributed by atoms with Gasteiger partial charge in [0.25, 0.3) is 5.91 Å². The second kappa shape index (κ2) is 7.97. The van der Waals surface area contributed by atoms with Crippen LogP contribution in [-0.2, 0) is 16.1 Å². The van der Waals surface area contributed by atoms with Crippen molar-refractivity contribution in [3.8, 4) is 5.75 Å². The van der Waals surface area contributed by atoms with Crippen molar-refractivity contribution >= 4 is 11.8 Å². The fraction of sp³-hybridized carbons (Fsp3) is 0.529. The van der Waals surface area contributed by atoms with Crippen molar-refractivity contribution in [3.05, 3.63) is 29.8 Å². The van der Waals surface area contributed by atoms with Gasteiger partial charge in [0.1, 0.15) is 5.75 Å². The van der Waals surface area contributed by atoms with Gasteiger partial charge in [-0.05, 0) is 24.6 Å². The lowest BCUT2D eigenvalue weighted by atomic mass is 9.95. The molecule has 4 N–H and O–H groups in total. The standard InChI is InChI=1S/C17H25N3O3/c1-12(20-9-7-14(8-10-20)16(18)21)17(22)19-11-13-3-5-15(23-2)6-4-13/h3-6,12,14H,7-11H2,1-2H3,(H2,18,21)(H,19,22)/p+1/t12-/m1/s1. The highest BCUT2D eigenvalue weighted by atomic mass is 16.5. The van der Waals surface area contributed by atoms with Crippen LogP contribution in [-0.4, -0.2) is 38.1 Å². The molecule has 0 aromatic heterocycles. The molecule has 1 aliphatic rings. The van der Waals surface area contributed by atoms with Crippen LogP contribution in [0, 0.1) is 5.92 Å². The topological polar surface area (TPSA) is 85.9 Å². The number of likely N-dealkylation sites (tertiary alicyclic amines) is 1. The zero-order valence-corrected chi connectivity index (χ0v) is 13.8. The molecule has 1 aromatic carbocycles. The first kappa shape index (κ1) is 17.3. The van der Waals surface area contributed by atoms with Crippen LogP contribution >= 0.6 is 0 Å². The molecule has 1 aromatic rings. The van der Waals surface area contributed by atoms with Gasteiger partial charge in [0, 0.05) is 25.3 Å². The summed E-state index contributed by atoms with van der Waals surface area (Å²) in [4.78, 5) is 24.7. The van der Waals surface area contributed by atoms with E-state index in [-0.39, 0.29) is 23.8 Å². The predicted molar refractivity (Wildman–Crippen MR) is 86.9 cm³/mol. The molecule has 0 saturated carbocycles. The number of nitrogens with two attached hydrogens (primary N) is 1. The number of nitrogens with one attached hydrogen (secondary N) is 2. The molecule has 0 aliphatic carbocycles. The molecule has 0 unspecified atom stereocenters. The Hall–Kier alpha value is -2.08. The monoisotopic (exact) mass is 320 g/mol. The Bertz CT molecular complexity index is 537. The molecule has 6 nitrogen and oxygen atoms in total. The lowest BCUT2D eigenvalue weighted by Crippen LogP contribution is -3.17. The van der Waals surface area contributed by atoms with E-state index >= 15 is 0 Å². The van der Waals surface area contributed by atoms with Crippen LogP contribution in [0.4, 0.5) is 0 Å². The lowest BCUT2D eigenvalue weighted by molar-refractivity contribution is -0.919. The highest BCUT2D eigenvalue weighted by molar-refractivity contribution is 5.80. The Labute approximate surface area is 137 Å². The van der Waals surface area contributed by atoms with Crippen LogP contribution in [0.5, 0.6) is 5.75 Å². The third-order valence-corrected chi connectivity index (χ3v) is 4.66. The summed E-state index contributed by atoms with van der Waals surface area (Å²) < 4.78 is 5.11. The van der Waals surface area contributed by atoms with Gasteiger partial charge in [-0.3, -0.25) is 9.59 Å². The van der Waals surface area contributed by atoms with Crippen LogP contribution in [0.3, 0.4) is 0 Å². The Morgan fingerprint density at radius 3 is 2.43 bits per heavy atom. The molecule has 0 radical (unpaired) electrons. The van der Waals surface area contributed by atoms with E-state index in [2.05, 4.69) is 5.32 Å². The van der Waals surface area contributed by atoms with Crippen LogP contribution in [0.1, 0.15) is 25.3 Å². The number of methoxy groups -OCH3 is 1. The molecule has 23 heavy (non-hydrogen) atoms.